The van der Waals surface area contributed by atoms with Crippen molar-refractivity contribution in [2.24, 2.45) is 11.3 Å². The molecule has 0 radical (unpaired) electrons. The molecule has 4 heteroatoms. The maximum absolute atomic E-state index is 11.8. The Morgan fingerprint density at radius 2 is 1.95 bits per heavy atom. The standard InChI is InChI=1S/C16H30N2O2/c1-12-9-16(2,3)10-14(12)17-13-5-7-18(8-6-13)15(19)11-20-4/h12-14,17H,5-11H2,1-4H3. The monoisotopic (exact) mass is 282 g/mol. The molecule has 2 rings (SSSR count). The van der Waals surface area contributed by atoms with Gasteiger partial charge in [0.15, 0.2) is 0 Å². The van der Waals surface area contributed by atoms with Crippen LogP contribution < -0.4 is 5.32 Å². The SMILES string of the molecule is COCC(=O)N1CCC(NC2CC(C)(C)CC2C)CC1. The number of amides is 1. The van der Waals surface area contributed by atoms with E-state index in [9.17, 15) is 4.79 Å². The van der Waals surface area contributed by atoms with Crippen molar-refractivity contribution in [1.29, 1.82) is 0 Å². The number of nitrogens with zero attached hydrogens (tertiary/aromatic N) is 1. The van der Waals surface area contributed by atoms with Crippen LogP contribution in [0, 0.1) is 11.3 Å². The van der Waals surface area contributed by atoms with Gasteiger partial charge in [0.2, 0.25) is 5.91 Å². The lowest BCUT2D eigenvalue weighted by atomic mass is 9.91. The van der Waals surface area contributed by atoms with E-state index in [1.54, 1.807) is 7.11 Å². The van der Waals surface area contributed by atoms with E-state index in [1.807, 2.05) is 4.90 Å². The summed E-state index contributed by atoms with van der Waals surface area (Å²) in [6, 6.07) is 1.22. The number of carbonyl (C=O) groups is 1. The lowest BCUT2D eigenvalue weighted by molar-refractivity contribution is -0.136. The number of hydrogen-bond donors (Lipinski definition) is 1. The van der Waals surface area contributed by atoms with Crippen LogP contribution in [-0.4, -0.2) is 49.7 Å². The van der Waals surface area contributed by atoms with E-state index in [4.69, 9.17) is 4.74 Å². The van der Waals surface area contributed by atoms with Crippen LogP contribution >= 0.6 is 0 Å². The molecule has 116 valence electrons. The highest BCUT2D eigenvalue weighted by Gasteiger charge is 2.37. The predicted molar refractivity (Wildman–Crippen MR) is 80.6 cm³/mol. The molecule has 0 spiro atoms. The number of carbonyl (C=O) groups excluding carboxylic acids is 1. The summed E-state index contributed by atoms with van der Waals surface area (Å²) < 4.78 is 4.92. The third-order valence-electron chi connectivity index (χ3n) is 4.90. The Bertz CT molecular complexity index is 335. The zero-order chi connectivity index (χ0) is 14.8. The molecule has 1 amide bonds. The predicted octanol–water partition coefficient (Wildman–Crippen LogP) is 2.04. The van der Waals surface area contributed by atoms with E-state index in [1.165, 1.54) is 12.8 Å². The van der Waals surface area contributed by atoms with Crippen LogP contribution in [0.5, 0.6) is 0 Å². The van der Waals surface area contributed by atoms with Crippen molar-refractivity contribution in [2.75, 3.05) is 26.8 Å². The number of piperidine rings is 1. The van der Waals surface area contributed by atoms with Gasteiger partial charge in [-0.1, -0.05) is 20.8 Å². The molecule has 1 saturated carbocycles. The Labute approximate surface area is 123 Å². The van der Waals surface area contributed by atoms with E-state index < -0.39 is 0 Å². The number of likely N-dealkylation sites (tertiary alicyclic amines) is 1. The van der Waals surface area contributed by atoms with Gasteiger partial charge in [-0.25, -0.2) is 0 Å². The van der Waals surface area contributed by atoms with Crippen molar-refractivity contribution in [3.8, 4) is 0 Å². The molecule has 2 fully saturated rings. The van der Waals surface area contributed by atoms with Crippen molar-refractivity contribution in [3.63, 3.8) is 0 Å². The number of hydrogen-bond acceptors (Lipinski definition) is 3. The summed E-state index contributed by atoms with van der Waals surface area (Å²) in [6.07, 6.45) is 4.73. The van der Waals surface area contributed by atoms with Crippen LogP contribution in [-0.2, 0) is 9.53 Å². The van der Waals surface area contributed by atoms with Gasteiger partial charge in [-0.15, -0.1) is 0 Å². The van der Waals surface area contributed by atoms with Crippen LogP contribution in [0.2, 0.25) is 0 Å². The molecule has 1 N–H and O–H groups in total. The maximum atomic E-state index is 11.8. The van der Waals surface area contributed by atoms with Crippen LogP contribution in [0.1, 0.15) is 46.5 Å². The zero-order valence-electron chi connectivity index (χ0n) is 13.4. The van der Waals surface area contributed by atoms with Crippen molar-refractivity contribution >= 4 is 5.91 Å². The van der Waals surface area contributed by atoms with Gasteiger partial charge in [0.25, 0.3) is 0 Å². The molecule has 4 nitrogen and oxygen atoms in total. The fraction of sp³-hybridized carbons (Fsp3) is 0.938. The van der Waals surface area contributed by atoms with Gasteiger partial charge >= 0.3 is 0 Å². The van der Waals surface area contributed by atoms with E-state index >= 15 is 0 Å². The van der Waals surface area contributed by atoms with Gasteiger partial charge in [-0.2, -0.15) is 0 Å². The number of methoxy groups -OCH3 is 1. The minimum Gasteiger partial charge on any atom is -0.375 e. The molecule has 1 saturated heterocycles. The highest BCUT2D eigenvalue weighted by Crippen LogP contribution is 2.41. The first kappa shape index (κ1) is 15.8. The molecule has 2 aliphatic rings. The third-order valence-corrected chi connectivity index (χ3v) is 4.90. The summed E-state index contributed by atoms with van der Waals surface area (Å²) in [5.41, 5.74) is 0.478. The average Bonchev–Trinajstić information content (AvgIpc) is 2.63. The van der Waals surface area contributed by atoms with E-state index in [2.05, 4.69) is 26.1 Å². The van der Waals surface area contributed by atoms with Crippen LogP contribution in [0.4, 0.5) is 0 Å². The van der Waals surface area contributed by atoms with Crippen molar-refractivity contribution in [1.82, 2.24) is 10.2 Å². The highest BCUT2D eigenvalue weighted by atomic mass is 16.5. The second kappa shape index (κ2) is 6.44. The van der Waals surface area contributed by atoms with E-state index in [0.29, 0.717) is 17.5 Å². The third kappa shape index (κ3) is 3.95. The van der Waals surface area contributed by atoms with Gasteiger partial charge in [-0.3, -0.25) is 4.79 Å². The van der Waals surface area contributed by atoms with Crippen LogP contribution in [0.25, 0.3) is 0 Å². The minimum atomic E-state index is 0.126. The van der Waals surface area contributed by atoms with Crippen molar-refractivity contribution < 1.29 is 9.53 Å². The molecule has 1 aliphatic heterocycles. The van der Waals surface area contributed by atoms with Crippen molar-refractivity contribution in [2.45, 2.75) is 58.5 Å². The summed E-state index contributed by atoms with van der Waals surface area (Å²) in [6.45, 7) is 9.05. The first-order valence-corrected chi connectivity index (χ1v) is 7.94. The molecule has 2 atom stereocenters. The van der Waals surface area contributed by atoms with Gasteiger partial charge in [0, 0.05) is 32.3 Å². The molecular formula is C16H30N2O2. The molecule has 20 heavy (non-hydrogen) atoms. The molecule has 0 aromatic heterocycles. The summed E-state index contributed by atoms with van der Waals surface area (Å²) >= 11 is 0. The van der Waals surface area contributed by atoms with Gasteiger partial charge in [0.05, 0.1) is 0 Å². The topological polar surface area (TPSA) is 41.6 Å². The first-order chi connectivity index (χ1) is 9.41. The molecule has 0 aromatic carbocycles. The van der Waals surface area contributed by atoms with Gasteiger partial charge < -0.3 is 15.0 Å². The summed E-state index contributed by atoms with van der Waals surface area (Å²) in [5.74, 6) is 0.888. The molecule has 1 heterocycles. The second-order valence-electron chi connectivity index (χ2n) is 7.41. The summed E-state index contributed by atoms with van der Waals surface area (Å²) in [5, 5.41) is 3.85. The van der Waals surface area contributed by atoms with Crippen LogP contribution in [0.3, 0.4) is 0 Å². The molecule has 0 aromatic rings. The summed E-state index contributed by atoms with van der Waals surface area (Å²) in [4.78, 5) is 13.7. The fourth-order valence-electron chi connectivity index (χ4n) is 3.93. The Morgan fingerprint density at radius 3 is 2.45 bits per heavy atom. The largest absolute Gasteiger partial charge is 0.375 e. The Balaban J connectivity index is 1.76. The summed E-state index contributed by atoms with van der Waals surface area (Å²) in [7, 11) is 1.58. The van der Waals surface area contributed by atoms with Gasteiger partial charge in [0.1, 0.15) is 6.61 Å². The Kier molecular flexibility index (Phi) is 5.08. The molecule has 2 unspecified atom stereocenters. The second-order valence-corrected chi connectivity index (χ2v) is 7.41. The first-order valence-electron chi connectivity index (χ1n) is 7.94. The number of ether oxygens (including phenoxy) is 1. The number of rotatable bonds is 4. The molecule has 1 aliphatic carbocycles. The lowest BCUT2D eigenvalue weighted by Gasteiger charge is -2.34. The lowest BCUT2D eigenvalue weighted by Crippen LogP contribution is -2.49. The van der Waals surface area contributed by atoms with E-state index in [0.717, 1.165) is 31.8 Å². The number of nitrogens with one attached hydrogen (secondary N) is 1. The normalized spacial score (nSPS) is 30.7. The molecular weight excluding hydrogens is 252 g/mol. The Hall–Kier alpha value is -0.610. The maximum Gasteiger partial charge on any atom is 0.248 e. The smallest absolute Gasteiger partial charge is 0.248 e. The Morgan fingerprint density at radius 1 is 1.30 bits per heavy atom. The van der Waals surface area contributed by atoms with Gasteiger partial charge in [-0.05, 0) is 37.0 Å². The van der Waals surface area contributed by atoms with Crippen molar-refractivity contribution in [3.05, 3.63) is 0 Å². The van der Waals surface area contributed by atoms with E-state index in [-0.39, 0.29) is 12.5 Å². The average molecular weight is 282 g/mol. The minimum absolute atomic E-state index is 0.126. The molecule has 0 bridgehead atoms. The highest BCUT2D eigenvalue weighted by molar-refractivity contribution is 5.77. The quantitative estimate of drug-likeness (QED) is 0.858. The fourth-order valence-corrected chi connectivity index (χ4v) is 3.93. The zero-order valence-corrected chi connectivity index (χ0v) is 13.4. The van der Waals surface area contributed by atoms with Crippen LogP contribution in [0.15, 0.2) is 0 Å².